The molecule has 8 heteroatoms. The zero-order valence-electron chi connectivity index (χ0n) is 16.9. The fourth-order valence-electron chi connectivity index (χ4n) is 4.65. The average Bonchev–Trinajstić information content (AvgIpc) is 3.30. The third-order valence-electron chi connectivity index (χ3n) is 6.33. The van der Waals surface area contributed by atoms with Gasteiger partial charge in [-0.25, -0.2) is 0 Å². The van der Waals surface area contributed by atoms with Crippen molar-refractivity contribution < 1.29 is 19.1 Å². The van der Waals surface area contributed by atoms with Gasteiger partial charge in [-0.15, -0.1) is 0 Å². The van der Waals surface area contributed by atoms with Gasteiger partial charge in [-0.3, -0.25) is 9.59 Å². The molecule has 4 rings (SSSR count). The van der Waals surface area contributed by atoms with Crippen LogP contribution in [0.25, 0.3) is 11.1 Å². The van der Waals surface area contributed by atoms with Crippen LogP contribution in [0, 0.1) is 0 Å². The Balaban J connectivity index is 1.62. The molecule has 2 amide bonds. The Morgan fingerprint density at radius 3 is 2.93 bits per heavy atom. The molecule has 2 unspecified atom stereocenters. The van der Waals surface area contributed by atoms with Crippen LogP contribution < -0.4 is 5.32 Å². The molecule has 1 aliphatic carbocycles. The summed E-state index contributed by atoms with van der Waals surface area (Å²) in [6.45, 7) is 2.80. The summed E-state index contributed by atoms with van der Waals surface area (Å²) in [7, 11) is 0.465. The highest BCUT2D eigenvalue weighted by Crippen LogP contribution is 2.33. The second-order valence-electron chi connectivity index (χ2n) is 8.34. The van der Waals surface area contributed by atoms with Gasteiger partial charge in [0.15, 0.2) is 5.58 Å². The van der Waals surface area contributed by atoms with E-state index in [9.17, 15) is 9.59 Å². The van der Waals surface area contributed by atoms with E-state index in [1.54, 1.807) is 17.2 Å². The summed E-state index contributed by atoms with van der Waals surface area (Å²) in [5, 5.41) is 12.3. The minimum Gasteiger partial charge on any atom is -0.463 e. The second kappa shape index (κ2) is 8.49. The van der Waals surface area contributed by atoms with Crippen LogP contribution in [0.5, 0.6) is 0 Å². The average molecular weight is 419 g/mol. The molecule has 7 nitrogen and oxygen atoms in total. The van der Waals surface area contributed by atoms with Gasteiger partial charge in [-0.1, -0.05) is 27.8 Å². The molecule has 1 aliphatic heterocycles. The Morgan fingerprint density at radius 1 is 1.38 bits per heavy atom. The summed E-state index contributed by atoms with van der Waals surface area (Å²) in [4.78, 5) is 28.6. The number of rotatable bonds is 7. The number of amides is 2. The lowest BCUT2D eigenvalue weighted by Gasteiger charge is -2.44. The third kappa shape index (κ3) is 3.82. The van der Waals surface area contributed by atoms with Gasteiger partial charge in [0.2, 0.25) is 5.91 Å². The van der Waals surface area contributed by atoms with Gasteiger partial charge in [-0.2, -0.15) is 0 Å². The van der Waals surface area contributed by atoms with E-state index in [1.165, 1.54) is 6.42 Å². The molecule has 29 heavy (non-hydrogen) atoms. The quantitative estimate of drug-likeness (QED) is 0.534. The summed E-state index contributed by atoms with van der Waals surface area (Å²) in [5.74, 6) is -0.199. The fraction of sp³-hybridized carbons (Fsp3) is 0.619. The Labute approximate surface area is 172 Å². The van der Waals surface area contributed by atoms with Crippen LogP contribution in [0.1, 0.15) is 55.9 Å². The molecule has 0 bridgehead atoms. The van der Waals surface area contributed by atoms with E-state index in [2.05, 4.69) is 5.32 Å². The van der Waals surface area contributed by atoms with E-state index in [-0.39, 0.29) is 24.2 Å². The van der Waals surface area contributed by atoms with E-state index in [4.69, 9.17) is 9.52 Å². The first-order valence-electron chi connectivity index (χ1n) is 10.6. The van der Waals surface area contributed by atoms with Crippen LogP contribution in [0.4, 0.5) is 0 Å². The third-order valence-corrected chi connectivity index (χ3v) is 7.26. The highest BCUT2D eigenvalue weighted by molar-refractivity contribution is 7.37. The predicted octanol–water partition coefficient (Wildman–Crippen LogP) is 2.92. The number of furan rings is 1. The maximum Gasteiger partial charge on any atom is 0.271 e. The standard InChI is InChI=1S/C21H30N3O4P/c1-21(20(27)22-15-6-3-2-4-7-15)13-23-16-8-10-28-18(16)12-17(23)19(26)24(21)9-5-11-29-14-25/h8,10,12,15,25,29H,2-7,9,11,13-14H2,1H3,(H,22,27). The Morgan fingerprint density at radius 2 is 2.17 bits per heavy atom. The summed E-state index contributed by atoms with van der Waals surface area (Å²) in [6.07, 6.45) is 8.94. The Bertz CT molecular complexity index is 886. The molecular formula is C21H30N3O4P. The smallest absolute Gasteiger partial charge is 0.271 e. The first kappa shape index (κ1) is 20.4. The molecule has 0 saturated heterocycles. The molecule has 158 valence electrons. The summed E-state index contributed by atoms with van der Waals surface area (Å²) in [5.41, 5.74) is 1.15. The van der Waals surface area contributed by atoms with Crippen molar-refractivity contribution in [3.63, 3.8) is 0 Å². The van der Waals surface area contributed by atoms with Crippen molar-refractivity contribution in [3.05, 3.63) is 24.1 Å². The molecule has 1 fully saturated rings. The van der Waals surface area contributed by atoms with Crippen LogP contribution in [0.15, 0.2) is 22.8 Å². The van der Waals surface area contributed by atoms with Crippen molar-refractivity contribution in [1.29, 1.82) is 0 Å². The number of fused-ring (bicyclic) bond motifs is 3. The minimum atomic E-state index is -0.951. The van der Waals surface area contributed by atoms with Gasteiger partial charge in [0.05, 0.1) is 24.7 Å². The first-order valence-corrected chi connectivity index (χ1v) is 12.0. The number of aliphatic hydroxyl groups is 1. The van der Waals surface area contributed by atoms with Gasteiger partial charge in [0.1, 0.15) is 11.2 Å². The molecule has 1 saturated carbocycles. The van der Waals surface area contributed by atoms with Crippen molar-refractivity contribution in [3.8, 4) is 0 Å². The van der Waals surface area contributed by atoms with Gasteiger partial charge in [0, 0.05) is 24.7 Å². The predicted molar refractivity (Wildman–Crippen MR) is 114 cm³/mol. The molecule has 2 N–H and O–H groups in total. The van der Waals surface area contributed by atoms with Crippen LogP contribution in [-0.4, -0.2) is 57.0 Å². The van der Waals surface area contributed by atoms with E-state index in [0.717, 1.165) is 43.8 Å². The number of hydrogen-bond donors (Lipinski definition) is 2. The van der Waals surface area contributed by atoms with E-state index < -0.39 is 5.54 Å². The SMILES string of the molecule is CC1(C(=O)NC2CCCCC2)Cn2c(cc3occc32)C(=O)N1CCCPCO. The molecule has 2 atom stereocenters. The number of hydrogen-bond acceptors (Lipinski definition) is 4. The monoisotopic (exact) mass is 419 g/mol. The maximum absolute atomic E-state index is 13.5. The molecule has 0 radical (unpaired) electrons. The van der Waals surface area contributed by atoms with Crippen molar-refractivity contribution >= 4 is 31.5 Å². The van der Waals surface area contributed by atoms with Gasteiger partial charge in [0.25, 0.3) is 5.91 Å². The van der Waals surface area contributed by atoms with Crippen LogP contribution in [0.2, 0.25) is 0 Å². The summed E-state index contributed by atoms with van der Waals surface area (Å²) in [6, 6.07) is 3.82. The maximum atomic E-state index is 13.5. The number of carbonyl (C=O) groups excluding carboxylic acids is 2. The lowest BCUT2D eigenvalue weighted by molar-refractivity contribution is -0.133. The van der Waals surface area contributed by atoms with Crippen LogP contribution in [0.3, 0.4) is 0 Å². The van der Waals surface area contributed by atoms with Gasteiger partial charge >= 0.3 is 0 Å². The van der Waals surface area contributed by atoms with Crippen molar-refractivity contribution in [1.82, 2.24) is 14.8 Å². The molecule has 2 aliphatic rings. The Kier molecular flexibility index (Phi) is 5.98. The van der Waals surface area contributed by atoms with E-state index >= 15 is 0 Å². The number of aromatic nitrogens is 1. The van der Waals surface area contributed by atoms with Crippen molar-refractivity contribution in [2.45, 2.75) is 63.6 Å². The van der Waals surface area contributed by atoms with Gasteiger partial charge < -0.3 is 24.3 Å². The molecule has 2 aromatic heterocycles. The first-order chi connectivity index (χ1) is 14.0. The zero-order chi connectivity index (χ0) is 20.4. The molecule has 2 aromatic rings. The highest BCUT2D eigenvalue weighted by Gasteiger charge is 2.48. The molecule has 0 aromatic carbocycles. The zero-order valence-corrected chi connectivity index (χ0v) is 17.9. The van der Waals surface area contributed by atoms with Crippen molar-refractivity contribution in [2.75, 3.05) is 19.1 Å². The lowest BCUT2D eigenvalue weighted by Crippen LogP contribution is -2.65. The molecule has 0 spiro atoms. The van der Waals surface area contributed by atoms with Crippen LogP contribution in [-0.2, 0) is 11.3 Å². The summed E-state index contributed by atoms with van der Waals surface area (Å²) >= 11 is 0. The molecular weight excluding hydrogens is 389 g/mol. The van der Waals surface area contributed by atoms with Crippen molar-refractivity contribution in [2.24, 2.45) is 0 Å². The van der Waals surface area contributed by atoms with Gasteiger partial charge in [-0.05, 0) is 32.3 Å². The van der Waals surface area contributed by atoms with E-state index in [1.807, 2.05) is 17.6 Å². The molecule has 3 heterocycles. The highest BCUT2D eigenvalue weighted by atomic mass is 31.1. The van der Waals surface area contributed by atoms with Crippen LogP contribution >= 0.6 is 8.58 Å². The normalized spacial score (nSPS) is 23.2. The fourth-order valence-corrected chi connectivity index (χ4v) is 5.22. The minimum absolute atomic E-state index is 0.0710. The van der Waals surface area contributed by atoms with E-state index in [0.29, 0.717) is 32.9 Å². The number of carbonyl (C=O) groups is 2. The number of nitrogens with one attached hydrogen (secondary N) is 1. The topological polar surface area (TPSA) is 87.7 Å². The lowest BCUT2D eigenvalue weighted by atomic mass is 9.91. The number of nitrogens with zero attached hydrogens (tertiary/aromatic N) is 2. The largest absolute Gasteiger partial charge is 0.463 e. The number of aliphatic hydroxyl groups excluding tert-OH is 1. The second-order valence-corrected chi connectivity index (χ2v) is 9.65. The summed E-state index contributed by atoms with van der Waals surface area (Å²) < 4.78 is 7.42. The Hall–Kier alpha value is -1.85.